The first kappa shape index (κ1) is 13.6. The predicted molar refractivity (Wildman–Crippen MR) is 76.4 cm³/mol. The SMILES string of the molecule is CC(NC(=O)c1ccc(Cl)s1)c1ccc(C#N)cc1. The van der Waals surface area contributed by atoms with Crippen LogP contribution in [0.5, 0.6) is 0 Å². The van der Waals surface area contributed by atoms with Crippen molar-refractivity contribution < 1.29 is 4.79 Å². The molecule has 2 aromatic rings. The highest BCUT2D eigenvalue weighted by molar-refractivity contribution is 7.17. The van der Waals surface area contributed by atoms with Crippen molar-refractivity contribution in [3.05, 3.63) is 56.7 Å². The lowest BCUT2D eigenvalue weighted by Gasteiger charge is -2.13. The Morgan fingerprint density at radius 1 is 1.32 bits per heavy atom. The number of nitrogens with one attached hydrogen (secondary N) is 1. The van der Waals surface area contributed by atoms with Gasteiger partial charge in [-0.2, -0.15) is 5.26 Å². The minimum atomic E-state index is -0.145. The molecule has 3 nitrogen and oxygen atoms in total. The molecule has 0 bridgehead atoms. The lowest BCUT2D eigenvalue weighted by atomic mass is 10.1. The fraction of sp³-hybridized carbons (Fsp3) is 0.143. The molecule has 1 atom stereocenters. The van der Waals surface area contributed by atoms with E-state index in [9.17, 15) is 4.79 Å². The van der Waals surface area contributed by atoms with Gasteiger partial charge in [-0.1, -0.05) is 23.7 Å². The average molecular weight is 291 g/mol. The van der Waals surface area contributed by atoms with Gasteiger partial charge in [0.25, 0.3) is 5.91 Å². The Bertz CT molecular complexity index is 628. The molecule has 0 saturated heterocycles. The summed E-state index contributed by atoms with van der Waals surface area (Å²) in [6, 6.07) is 12.5. The number of thiophene rings is 1. The zero-order valence-electron chi connectivity index (χ0n) is 10.2. The summed E-state index contributed by atoms with van der Waals surface area (Å²) in [6.45, 7) is 1.90. The predicted octanol–water partition coefficient (Wildman–Crippen LogP) is 3.76. The van der Waals surface area contributed by atoms with Gasteiger partial charge in [0.05, 0.1) is 26.9 Å². The highest BCUT2D eigenvalue weighted by atomic mass is 35.5. The van der Waals surface area contributed by atoms with Crippen LogP contribution in [0.25, 0.3) is 0 Å². The van der Waals surface area contributed by atoms with Gasteiger partial charge in [-0.3, -0.25) is 4.79 Å². The van der Waals surface area contributed by atoms with E-state index in [2.05, 4.69) is 11.4 Å². The Labute approximate surface area is 120 Å². The van der Waals surface area contributed by atoms with Gasteiger partial charge in [0.2, 0.25) is 0 Å². The number of nitriles is 1. The first-order chi connectivity index (χ1) is 9.10. The number of amides is 1. The third-order valence-electron chi connectivity index (χ3n) is 2.68. The minimum absolute atomic E-state index is 0.124. The van der Waals surface area contributed by atoms with E-state index in [0.717, 1.165) is 5.56 Å². The highest BCUT2D eigenvalue weighted by Gasteiger charge is 2.13. The molecule has 0 aliphatic carbocycles. The maximum absolute atomic E-state index is 12.0. The highest BCUT2D eigenvalue weighted by Crippen LogP contribution is 2.22. The number of carbonyl (C=O) groups is 1. The molecular formula is C14H11ClN2OS. The van der Waals surface area contributed by atoms with Crippen molar-refractivity contribution in [3.63, 3.8) is 0 Å². The monoisotopic (exact) mass is 290 g/mol. The molecule has 1 aromatic carbocycles. The van der Waals surface area contributed by atoms with Gasteiger partial charge in [0, 0.05) is 0 Å². The van der Waals surface area contributed by atoms with Crippen molar-refractivity contribution >= 4 is 28.8 Å². The number of hydrogen-bond donors (Lipinski definition) is 1. The van der Waals surface area contributed by atoms with Crippen molar-refractivity contribution in [2.75, 3.05) is 0 Å². The van der Waals surface area contributed by atoms with Gasteiger partial charge in [0.15, 0.2) is 0 Å². The Morgan fingerprint density at radius 3 is 2.53 bits per heavy atom. The number of benzene rings is 1. The summed E-state index contributed by atoms with van der Waals surface area (Å²) in [5, 5.41) is 11.6. The summed E-state index contributed by atoms with van der Waals surface area (Å²) < 4.78 is 0.594. The van der Waals surface area contributed by atoms with Crippen molar-refractivity contribution in [2.45, 2.75) is 13.0 Å². The second-order valence-corrected chi connectivity index (χ2v) is 5.75. The Kier molecular flexibility index (Phi) is 4.20. The molecule has 1 amide bonds. The summed E-state index contributed by atoms with van der Waals surface area (Å²) in [7, 11) is 0. The Morgan fingerprint density at radius 2 is 2.00 bits per heavy atom. The van der Waals surface area contributed by atoms with Crippen LogP contribution in [0.3, 0.4) is 0 Å². The van der Waals surface area contributed by atoms with Gasteiger partial charge >= 0.3 is 0 Å². The molecule has 19 heavy (non-hydrogen) atoms. The van der Waals surface area contributed by atoms with Crippen molar-refractivity contribution in [2.24, 2.45) is 0 Å². The van der Waals surface area contributed by atoms with E-state index in [1.807, 2.05) is 19.1 Å². The summed E-state index contributed by atoms with van der Waals surface area (Å²) >= 11 is 7.05. The third-order valence-corrected chi connectivity index (χ3v) is 3.91. The topological polar surface area (TPSA) is 52.9 Å². The largest absolute Gasteiger partial charge is 0.345 e. The lowest BCUT2D eigenvalue weighted by molar-refractivity contribution is 0.0944. The molecule has 1 heterocycles. The minimum Gasteiger partial charge on any atom is -0.345 e. The summed E-state index contributed by atoms with van der Waals surface area (Å²) in [5.41, 5.74) is 1.56. The van der Waals surface area contributed by atoms with Gasteiger partial charge < -0.3 is 5.32 Å². The Balaban J connectivity index is 2.06. The van der Waals surface area contributed by atoms with E-state index in [-0.39, 0.29) is 11.9 Å². The van der Waals surface area contributed by atoms with Crippen molar-refractivity contribution in [1.82, 2.24) is 5.32 Å². The molecule has 0 spiro atoms. The second kappa shape index (κ2) is 5.87. The van der Waals surface area contributed by atoms with E-state index in [1.165, 1.54) is 11.3 Å². The van der Waals surface area contributed by atoms with Gasteiger partial charge in [0.1, 0.15) is 0 Å². The summed E-state index contributed by atoms with van der Waals surface area (Å²) in [6.07, 6.45) is 0. The maximum Gasteiger partial charge on any atom is 0.261 e. The van der Waals surface area contributed by atoms with Crippen LogP contribution in [0.15, 0.2) is 36.4 Å². The zero-order valence-corrected chi connectivity index (χ0v) is 11.8. The van der Waals surface area contributed by atoms with E-state index in [4.69, 9.17) is 16.9 Å². The molecule has 1 N–H and O–H groups in total. The van der Waals surface area contributed by atoms with E-state index < -0.39 is 0 Å². The average Bonchev–Trinajstić information content (AvgIpc) is 2.85. The second-order valence-electron chi connectivity index (χ2n) is 4.03. The van der Waals surface area contributed by atoms with E-state index in [0.29, 0.717) is 14.8 Å². The number of nitrogens with zero attached hydrogens (tertiary/aromatic N) is 1. The van der Waals surface area contributed by atoms with Crippen LogP contribution in [-0.4, -0.2) is 5.91 Å². The fourth-order valence-electron chi connectivity index (χ4n) is 1.63. The van der Waals surface area contributed by atoms with E-state index >= 15 is 0 Å². The third kappa shape index (κ3) is 3.34. The molecule has 0 aliphatic rings. The molecule has 1 unspecified atom stereocenters. The van der Waals surface area contributed by atoms with Gasteiger partial charge in [-0.25, -0.2) is 0 Å². The maximum atomic E-state index is 12.0. The molecule has 0 saturated carbocycles. The zero-order chi connectivity index (χ0) is 13.8. The van der Waals surface area contributed by atoms with Crippen molar-refractivity contribution in [3.8, 4) is 6.07 Å². The van der Waals surface area contributed by atoms with Crippen LogP contribution >= 0.6 is 22.9 Å². The van der Waals surface area contributed by atoms with Crippen LogP contribution in [0.4, 0.5) is 0 Å². The normalized spacial score (nSPS) is 11.6. The molecule has 0 fully saturated rings. The molecule has 5 heteroatoms. The molecular weight excluding hydrogens is 280 g/mol. The standard InChI is InChI=1S/C14H11ClN2OS/c1-9(11-4-2-10(8-16)3-5-11)17-14(18)12-6-7-13(15)19-12/h2-7,9H,1H3,(H,17,18). The molecule has 0 aliphatic heterocycles. The van der Waals surface area contributed by atoms with Crippen LogP contribution < -0.4 is 5.32 Å². The van der Waals surface area contributed by atoms with Crippen LogP contribution in [-0.2, 0) is 0 Å². The molecule has 0 radical (unpaired) electrons. The molecule has 96 valence electrons. The lowest BCUT2D eigenvalue weighted by Crippen LogP contribution is -2.25. The first-order valence-electron chi connectivity index (χ1n) is 5.66. The Hall–Kier alpha value is -1.83. The molecule has 2 rings (SSSR count). The number of rotatable bonds is 3. The van der Waals surface area contributed by atoms with Crippen molar-refractivity contribution in [1.29, 1.82) is 5.26 Å². The smallest absolute Gasteiger partial charge is 0.261 e. The number of carbonyl (C=O) groups excluding carboxylic acids is 1. The van der Waals surface area contributed by atoms with Crippen LogP contribution in [0.2, 0.25) is 4.34 Å². The molecule has 1 aromatic heterocycles. The fourth-order valence-corrected chi connectivity index (χ4v) is 2.58. The summed E-state index contributed by atoms with van der Waals surface area (Å²) in [5.74, 6) is -0.145. The van der Waals surface area contributed by atoms with Crippen LogP contribution in [0.1, 0.15) is 33.8 Å². The van der Waals surface area contributed by atoms with Crippen LogP contribution in [0, 0.1) is 11.3 Å². The first-order valence-corrected chi connectivity index (χ1v) is 6.86. The van der Waals surface area contributed by atoms with E-state index in [1.54, 1.807) is 24.3 Å². The van der Waals surface area contributed by atoms with Gasteiger partial charge in [-0.15, -0.1) is 11.3 Å². The number of hydrogen-bond acceptors (Lipinski definition) is 3. The number of halogens is 1. The summed E-state index contributed by atoms with van der Waals surface area (Å²) in [4.78, 5) is 12.5. The quantitative estimate of drug-likeness (QED) is 0.935. The van der Waals surface area contributed by atoms with Gasteiger partial charge in [-0.05, 0) is 36.8 Å².